The van der Waals surface area contributed by atoms with Crippen LogP contribution in [0.15, 0.2) is 40.9 Å². The molecule has 2 rings (SSSR count). The predicted octanol–water partition coefficient (Wildman–Crippen LogP) is 4.21. The highest BCUT2D eigenvalue weighted by Gasteiger charge is 2.03. The van der Waals surface area contributed by atoms with Crippen molar-refractivity contribution in [1.82, 2.24) is 0 Å². The fourth-order valence-electron chi connectivity index (χ4n) is 1.62. The standard InChI is InChI=1S/C14H13BrFNO/c1-9-2-4-13(12(16)6-9)17-8-10-3-5-14(18)11(15)7-10/h2-7,17-18H,8H2,1H3. The summed E-state index contributed by atoms with van der Waals surface area (Å²) in [7, 11) is 0. The maximum atomic E-state index is 13.6. The molecule has 0 amide bonds. The Kier molecular flexibility index (Phi) is 3.87. The van der Waals surface area contributed by atoms with Crippen LogP contribution >= 0.6 is 15.9 Å². The third-order valence-electron chi connectivity index (χ3n) is 2.62. The van der Waals surface area contributed by atoms with Gasteiger partial charge >= 0.3 is 0 Å². The van der Waals surface area contributed by atoms with Gasteiger partial charge in [-0.05, 0) is 58.2 Å². The van der Waals surface area contributed by atoms with Crippen molar-refractivity contribution >= 4 is 21.6 Å². The number of nitrogens with one attached hydrogen (secondary N) is 1. The van der Waals surface area contributed by atoms with E-state index in [0.29, 0.717) is 16.7 Å². The second-order valence-corrected chi connectivity index (χ2v) is 4.98. The number of phenols is 1. The van der Waals surface area contributed by atoms with E-state index >= 15 is 0 Å². The Morgan fingerprint density at radius 2 is 2.00 bits per heavy atom. The molecule has 2 aromatic carbocycles. The van der Waals surface area contributed by atoms with Crippen LogP contribution in [0.4, 0.5) is 10.1 Å². The molecule has 2 nitrogen and oxygen atoms in total. The molecule has 0 radical (unpaired) electrons. The summed E-state index contributed by atoms with van der Waals surface area (Å²) in [5.74, 6) is -0.0619. The summed E-state index contributed by atoms with van der Waals surface area (Å²) in [6, 6.07) is 10.3. The monoisotopic (exact) mass is 309 g/mol. The van der Waals surface area contributed by atoms with Crippen molar-refractivity contribution in [3.63, 3.8) is 0 Å². The number of hydrogen-bond donors (Lipinski definition) is 2. The van der Waals surface area contributed by atoms with Gasteiger partial charge in [0, 0.05) is 6.54 Å². The zero-order chi connectivity index (χ0) is 13.1. The minimum absolute atomic E-state index is 0.195. The Hall–Kier alpha value is -1.55. The lowest BCUT2D eigenvalue weighted by Crippen LogP contribution is -2.01. The molecule has 0 aromatic heterocycles. The highest BCUT2D eigenvalue weighted by molar-refractivity contribution is 9.10. The Balaban J connectivity index is 2.09. The first kappa shape index (κ1) is 12.9. The van der Waals surface area contributed by atoms with Crippen molar-refractivity contribution in [2.24, 2.45) is 0 Å². The van der Waals surface area contributed by atoms with E-state index in [2.05, 4.69) is 21.2 Å². The Labute approximate surface area is 114 Å². The van der Waals surface area contributed by atoms with Gasteiger partial charge in [-0.1, -0.05) is 12.1 Å². The van der Waals surface area contributed by atoms with E-state index in [1.807, 2.05) is 13.0 Å². The molecule has 0 saturated carbocycles. The molecule has 0 aliphatic heterocycles. The van der Waals surface area contributed by atoms with Gasteiger partial charge in [-0.3, -0.25) is 0 Å². The zero-order valence-corrected chi connectivity index (χ0v) is 11.5. The topological polar surface area (TPSA) is 32.3 Å². The van der Waals surface area contributed by atoms with E-state index in [9.17, 15) is 9.50 Å². The normalized spacial score (nSPS) is 10.4. The molecule has 0 aliphatic rings. The molecule has 0 heterocycles. The zero-order valence-electron chi connectivity index (χ0n) is 9.87. The van der Waals surface area contributed by atoms with Crippen molar-refractivity contribution in [2.45, 2.75) is 13.5 Å². The second-order valence-electron chi connectivity index (χ2n) is 4.12. The third-order valence-corrected chi connectivity index (χ3v) is 3.25. The van der Waals surface area contributed by atoms with E-state index in [4.69, 9.17) is 0 Å². The van der Waals surface area contributed by atoms with E-state index < -0.39 is 0 Å². The maximum Gasteiger partial charge on any atom is 0.146 e. The van der Waals surface area contributed by atoms with Gasteiger partial charge in [-0.2, -0.15) is 0 Å². The van der Waals surface area contributed by atoms with Crippen LogP contribution in [0.1, 0.15) is 11.1 Å². The molecular weight excluding hydrogens is 297 g/mol. The molecule has 0 spiro atoms. The van der Waals surface area contributed by atoms with Crippen LogP contribution in [0, 0.1) is 12.7 Å². The highest BCUT2D eigenvalue weighted by atomic mass is 79.9. The summed E-state index contributed by atoms with van der Waals surface area (Å²) >= 11 is 3.24. The minimum Gasteiger partial charge on any atom is -0.507 e. The van der Waals surface area contributed by atoms with Gasteiger partial charge in [-0.15, -0.1) is 0 Å². The van der Waals surface area contributed by atoms with Crippen molar-refractivity contribution in [2.75, 3.05) is 5.32 Å². The number of anilines is 1. The molecule has 0 saturated heterocycles. The van der Waals surface area contributed by atoms with Gasteiger partial charge in [0.05, 0.1) is 10.2 Å². The molecular formula is C14H13BrFNO. The van der Waals surface area contributed by atoms with E-state index in [1.54, 1.807) is 24.3 Å². The van der Waals surface area contributed by atoms with E-state index in [1.165, 1.54) is 6.07 Å². The van der Waals surface area contributed by atoms with Crippen LogP contribution in [0.5, 0.6) is 5.75 Å². The van der Waals surface area contributed by atoms with Crippen LogP contribution in [0.25, 0.3) is 0 Å². The van der Waals surface area contributed by atoms with Crippen LogP contribution in [-0.4, -0.2) is 5.11 Å². The van der Waals surface area contributed by atoms with Crippen molar-refractivity contribution in [1.29, 1.82) is 0 Å². The Bertz CT molecular complexity index is 572. The van der Waals surface area contributed by atoms with Crippen LogP contribution < -0.4 is 5.32 Å². The summed E-state index contributed by atoms with van der Waals surface area (Å²) in [6.07, 6.45) is 0. The number of phenolic OH excluding ortho intramolecular Hbond substituents is 1. The molecule has 0 unspecified atom stereocenters. The lowest BCUT2D eigenvalue weighted by atomic mass is 10.2. The van der Waals surface area contributed by atoms with Crippen LogP contribution in [0.3, 0.4) is 0 Å². The quantitative estimate of drug-likeness (QED) is 0.890. The van der Waals surface area contributed by atoms with Crippen molar-refractivity contribution in [3.8, 4) is 5.75 Å². The second kappa shape index (κ2) is 5.40. The van der Waals surface area contributed by atoms with E-state index in [0.717, 1.165) is 11.1 Å². The van der Waals surface area contributed by atoms with Crippen molar-refractivity contribution < 1.29 is 9.50 Å². The van der Waals surface area contributed by atoms with Crippen molar-refractivity contribution in [3.05, 3.63) is 57.8 Å². The fourth-order valence-corrected chi connectivity index (χ4v) is 2.05. The average Bonchev–Trinajstić information content (AvgIpc) is 2.32. The third kappa shape index (κ3) is 3.01. The number of halogens is 2. The van der Waals surface area contributed by atoms with Gasteiger partial charge in [0.1, 0.15) is 11.6 Å². The predicted molar refractivity (Wildman–Crippen MR) is 74.3 cm³/mol. The summed E-state index contributed by atoms with van der Waals surface area (Å²) in [4.78, 5) is 0. The Morgan fingerprint density at radius 1 is 1.22 bits per heavy atom. The summed E-state index contributed by atoms with van der Waals surface area (Å²) in [5.41, 5.74) is 2.33. The molecule has 0 bridgehead atoms. The first-order valence-corrected chi connectivity index (χ1v) is 6.33. The van der Waals surface area contributed by atoms with E-state index in [-0.39, 0.29) is 11.6 Å². The lowest BCUT2D eigenvalue weighted by Gasteiger charge is -2.09. The van der Waals surface area contributed by atoms with Gasteiger partial charge < -0.3 is 10.4 Å². The first-order valence-electron chi connectivity index (χ1n) is 5.53. The molecule has 0 aliphatic carbocycles. The Morgan fingerprint density at radius 3 is 2.67 bits per heavy atom. The maximum absolute atomic E-state index is 13.6. The molecule has 0 fully saturated rings. The SMILES string of the molecule is Cc1ccc(NCc2ccc(O)c(Br)c2)c(F)c1. The number of aromatic hydroxyl groups is 1. The molecule has 2 aromatic rings. The minimum atomic E-state index is -0.257. The summed E-state index contributed by atoms with van der Waals surface area (Å²) in [6.45, 7) is 2.35. The number of benzene rings is 2. The fraction of sp³-hybridized carbons (Fsp3) is 0.143. The summed E-state index contributed by atoms with van der Waals surface area (Å²) in [5, 5.41) is 12.4. The average molecular weight is 310 g/mol. The van der Waals surface area contributed by atoms with Gasteiger partial charge in [-0.25, -0.2) is 4.39 Å². The molecule has 2 N–H and O–H groups in total. The molecule has 4 heteroatoms. The number of rotatable bonds is 3. The van der Waals surface area contributed by atoms with Gasteiger partial charge in [0.2, 0.25) is 0 Å². The van der Waals surface area contributed by atoms with Crippen LogP contribution in [-0.2, 0) is 6.54 Å². The molecule has 18 heavy (non-hydrogen) atoms. The molecule has 0 atom stereocenters. The lowest BCUT2D eigenvalue weighted by molar-refractivity contribution is 0.471. The largest absolute Gasteiger partial charge is 0.507 e. The summed E-state index contributed by atoms with van der Waals surface area (Å²) < 4.78 is 14.2. The van der Waals surface area contributed by atoms with Crippen LogP contribution in [0.2, 0.25) is 0 Å². The number of hydrogen-bond acceptors (Lipinski definition) is 2. The van der Waals surface area contributed by atoms with Gasteiger partial charge in [0.25, 0.3) is 0 Å². The highest BCUT2D eigenvalue weighted by Crippen LogP contribution is 2.25. The molecule has 94 valence electrons. The first-order chi connectivity index (χ1) is 8.56. The smallest absolute Gasteiger partial charge is 0.146 e. The van der Waals surface area contributed by atoms with Gasteiger partial charge in [0.15, 0.2) is 0 Å². The number of aryl methyl sites for hydroxylation is 1.